The monoisotopic (exact) mass is 431 g/mol. The number of benzene rings is 2. The van der Waals surface area contributed by atoms with E-state index in [0.29, 0.717) is 16.8 Å². The molecule has 2 aromatic carbocycles. The molecule has 0 aliphatic carbocycles. The molecule has 0 spiro atoms. The molecule has 0 saturated heterocycles. The average molecular weight is 432 g/mol. The Kier molecular flexibility index (Phi) is 5.64. The zero-order valence-electron chi connectivity index (χ0n) is 17.1. The summed E-state index contributed by atoms with van der Waals surface area (Å²) in [5, 5.41) is 8.67. The van der Waals surface area contributed by atoms with Gasteiger partial charge in [-0.2, -0.15) is 18.6 Å². The highest BCUT2D eigenvalue weighted by molar-refractivity contribution is 7.89. The Hall–Kier alpha value is -3.78. The maximum Gasteiger partial charge on any atom is 0.276 e. The fourth-order valence-corrected chi connectivity index (χ4v) is 4.26. The molecule has 0 unspecified atom stereocenters. The fraction of sp³-hybridized carbons (Fsp3) is 0.0870. The summed E-state index contributed by atoms with van der Waals surface area (Å²) >= 11 is 0. The van der Waals surface area contributed by atoms with Crippen LogP contribution in [0.4, 0.5) is 0 Å². The van der Waals surface area contributed by atoms with E-state index in [2.05, 4.69) is 20.0 Å². The lowest BCUT2D eigenvalue weighted by atomic mass is 10.1. The number of nitrogens with zero attached hydrogens (tertiary/aromatic N) is 4. The summed E-state index contributed by atoms with van der Waals surface area (Å²) in [5.41, 5.74) is 4.49. The van der Waals surface area contributed by atoms with E-state index >= 15 is 0 Å². The topological polar surface area (TPSA) is 89.2 Å². The number of hydrazone groups is 1. The van der Waals surface area contributed by atoms with Gasteiger partial charge in [-0.25, -0.2) is 9.51 Å². The van der Waals surface area contributed by atoms with E-state index in [4.69, 9.17) is 0 Å². The summed E-state index contributed by atoms with van der Waals surface area (Å²) in [6.07, 6.45) is 6.64. The third-order valence-corrected chi connectivity index (χ3v) is 6.07. The quantitative estimate of drug-likeness (QED) is 0.371. The van der Waals surface area contributed by atoms with Crippen LogP contribution >= 0.6 is 0 Å². The molecule has 0 atom stereocenters. The van der Waals surface area contributed by atoms with E-state index < -0.39 is 10.0 Å². The van der Waals surface area contributed by atoms with Crippen LogP contribution in [0.15, 0.2) is 89.3 Å². The first-order valence-corrected chi connectivity index (χ1v) is 11.1. The highest BCUT2D eigenvalue weighted by atomic mass is 32.2. The van der Waals surface area contributed by atoms with Gasteiger partial charge in [-0.05, 0) is 55.3 Å². The van der Waals surface area contributed by atoms with Gasteiger partial charge in [0, 0.05) is 29.7 Å². The third-order valence-electron chi connectivity index (χ3n) is 4.71. The first kappa shape index (κ1) is 20.5. The number of rotatable bonds is 6. The number of para-hydroxylation sites is 1. The van der Waals surface area contributed by atoms with E-state index in [0.717, 1.165) is 16.8 Å². The van der Waals surface area contributed by atoms with Crippen molar-refractivity contribution >= 4 is 16.2 Å². The first-order valence-electron chi connectivity index (χ1n) is 9.62. The Labute approximate surface area is 181 Å². The van der Waals surface area contributed by atoms with E-state index in [1.807, 2.05) is 55.5 Å². The van der Waals surface area contributed by atoms with Crippen LogP contribution in [-0.4, -0.2) is 29.4 Å². The van der Waals surface area contributed by atoms with Gasteiger partial charge in [0.1, 0.15) is 5.69 Å². The van der Waals surface area contributed by atoms with Crippen molar-refractivity contribution < 1.29 is 8.42 Å². The van der Waals surface area contributed by atoms with Crippen LogP contribution in [-0.2, 0) is 10.0 Å². The number of hydrogen-bond acceptors (Lipinski definition) is 5. The lowest BCUT2D eigenvalue weighted by molar-refractivity contribution is 0.584. The second kappa shape index (κ2) is 8.53. The molecule has 4 aromatic rings. The molecule has 0 fully saturated rings. The summed E-state index contributed by atoms with van der Waals surface area (Å²) in [7, 11) is -3.79. The van der Waals surface area contributed by atoms with Crippen LogP contribution in [0.5, 0.6) is 0 Å². The molecule has 0 amide bonds. The predicted molar refractivity (Wildman–Crippen MR) is 121 cm³/mol. The van der Waals surface area contributed by atoms with Gasteiger partial charge in [-0.1, -0.05) is 30.3 Å². The number of aromatic nitrogens is 3. The minimum absolute atomic E-state index is 0.206. The summed E-state index contributed by atoms with van der Waals surface area (Å²) in [5.74, 6) is 0. The van der Waals surface area contributed by atoms with E-state index in [-0.39, 0.29) is 4.90 Å². The highest BCUT2D eigenvalue weighted by Crippen LogP contribution is 2.22. The summed E-state index contributed by atoms with van der Waals surface area (Å²) in [4.78, 5) is 6.67. The summed E-state index contributed by atoms with van der Waals surface area (Å²) < 4.78 is 27.2. The number of nitrogens with one attached hydrogen (secondary N) is 1. The van der Waals surface area contributed by atoms with Crippen molar-refractivity contribution in [1.29, 1.82) is 0 Å². The van der Waals surface area contributed by atoms with E-state index in [1.54, 1.807) is 42.3 Å². The summed E-state index contributed by atoms with van der Waals surface area (Å²) in [6.45, 7) is 3.60. The van der Waals surface area contributed by atoms with Crippen molar-refractivity contribution in [2.75, 3.05) is 0 Å². The molecular weight excluding hydrogens is 410 g/mol. The Morgan fingerprint density at radius 1 is 1.03 bits per heavy atom. The Morgan fingerprint density at radius 2 is 1.84 bits per heavy atom. The van der Waals surface area contributed by atoms with E-state index in [1.165, 1.54) is 6.21 Å². The largest absolute Gasteiger partial charge is 0.276 e. The second-order valence-corrected chi connectivity index (χ2v) is 8.71. The summed E-state index contributed by atoms with van der Waals surface area (Å²) in [6, 6.07) is 18.6. The highest BCUT2D eigenvalue weighted by Gasteiger charge is 2.16. The van der Waals surface area contributed by atoms with Crippen LogP contribution in [0.1, 0.15) is 16.7 Å². The second-order valence-electron chi connectivity index (χ2n) is 7.08. The fourth-order valence-electron chi connectivity index (χ4n) is 3.13. The van der Waals surface area contributed by atoms with Gasteiger partial charge < -0.3 is 0 Å². The van der Waals surface area contributed by atoms with Gasteiger partial charge in [-0.15, -0.1) is 0 Å². The molecule has 4 rings (SSSR count). The van der Waals surface area contributed by atoms with Crippen molar-refractivity contribution in [3.05, 3.63) is 95.9 Å². The lowest BCUT2D eigenvalue weighted by Crippen LogP contribution is -2.19. The molecule has 0 saturated carbocycles. The van der Waals surface area contributed by atoms with Gasteiger partial charge in [0.25, 0.3) is 10.0 Å². The van der Waals surface area contributed by atoms with Crippen LogP contribution < -0.4 is 4.83 Å². The molecule has 2 aromatic heterocycles. The Bertz CT molecular complexity index is 1330. The normalized spacial score (nSPS) is 11.7. The van der Waals surface area contributed by atoms with Gasteiger partial charge in [-0.3, -0.25) is 4.98 Å². The third kappa shape index (κ3) is 4.54. The van der Waals surface area contributed by atoms with Crippen molar-refractivity contribution in [2.24, 2.45) is 5.10 Å². The smallest absolute Gasteiger partial charge is 0.264 e. The first-order chi connectivity index (χ1) is 14.9. The van der Waals surface area contributed by atoms with E-state index in [9.17, 15) is 8.42 Å². The molecule has 8 heteroatoms. The molecule has 156 valence electrons. The zero-order chi connectivity index (χ0) is 21.8. The molecular formula is C23H21N5O2S. The van der Waals surface area contributed by atoms with Crippen LogP contribution in [0, 0.1) is 13.8 Å². The molecule has 0 radical (unpaired) electrons. The van der Waals surface area contributed by atoms with Gasteiger partial charge >= 0.3 is 0 Å². The number of hydrogen-bond donors (Lipinski definition) is 1. The van der Waals surface area contributed by atoms with Crippen LogP contribution in [0.2, 0.25) is 0 Å². The minimum Gasteiger partial charge on any atom is -0.264 e. The molecule has 1 N–H and O–H groups in total. The molecule has 2 heterocycles. The van der Waals surface area contributed by atoms with Crippen LogP contribution in [0.25, 0.3) is 16.9 Å². The van der Waals surface area contributed by atoms with Gasteiger partial charge in [0.05, 0.1) is 16.8 Å². The van der Waals surface area contributed by atoms with Crippen LogP contribution in [0.3, 0.4) is 0 Å². The van der Waals surface area contributed by atoms with Crippen molar-refractivity contribution in [3.8, 4) is 16.9 Å². The standard InChI is InChI=1S/C23H21N5O2S/c1-17-10-11-18(2)22(13-17)31(29,30)27-25-15-20-16-28(21-8-4-3-5-9-21)26-23(20)19-7-6-12-24-14-19/h3-16,27H,1-2H3/b25-15+. The molecule has 0 bridgehead atoms. The molecule has 7 nitrogen and oxygen atoms in total. The molecule has 31 heavy (non-hydrogen) atoms. The van der Waals surface area contributed by atoms with Gasteiger partial charge in [0.15, 0.2) is 0 Å². The number of sulfonamides is 1. The SMILES string of the molecule is Cc1ccc(C)c(S(=O)(=O)N/N=C/c2cn(-c3ccccc3)nc2-c2cccnc2)c1. The molecule has 0 aliphatic heterocycles. The average Bonchev–Trinajstić information content (AvgIpc) is 3.20. The van der Waals surface area contributed by atoms with Crippen molar-refractivity contribution in [2.45, 2.75) is 18.7 Å². The molecule has 0 aliphatic rings. The Morgan fingerprint density at radius 3 is 2.58 bits per heavy atom. The van der Waals surface area contributed by atoms with Crippen molar-refractivity contribution in [3.63, 3.8) is 0 Å². The maximum absolute atomic E-state index is 12.7. The lowest BCUT2D eigenvalue weighted by Gasteiger charge is -2.07. The maximum atomic E-state index is 12.7. The zero-order valence-corrected chi connectivity index (χ0v) is 17.9. The van der Waals surface area contributed by atoms with Crippen molar-refractivity contribution in [1.82, 2.24) is 19.6 Å². The number of aryl methyl sites for hydroxylation is 2. The van der Waals surface area contributed by atoms with Gasteiger partial charge in [0.2, 0.25) is 0 Å². The predicted octanol–water partition coefficient (Wildman–Crippen LogP) is 3.86. The minimum atomic E-state index is -3.79. The number of pyridine rings is 1. The Balaban J connectivity index is 1.68.